The molecule has 1 aromatic carbocycles. The number of nitrogens with one attached hydrogen (secondary N) is 1. The number of aromatic carboxylic acids is 1. The standard InChI is InChI=1S/C14H15N3O2S/c1-20-13-8-12(16-9-17-13)15-7-6-10-4-2-3-5-11(10)14(18)19/h2-5,8-9H,6-7H2,1H3,(H,18,19)(H,15,16,17). The Balaban J connectivity index is 1.97. The van der Waals surface area contributed by atoms with E-state index in [2.05, 4.69) is 15.3 Å². The second-order valence-electron chi connectivity index (χ2n) is 4.08. The summed E-state index contributed by atoms with van der Waals surface area (Å²) in [5.41, 5.74) is 1.16. The maximum Gasteiger partial charge on any atom is 0.335 e. The van der Waals surface area contributed by atoms with Crippen LogP contribution in [0.25, 0.3) is 0 Å². The van der Waals surface area contributed by atoms with E-state index in [9.17, 15) is 4.79 Å². The van der Waals surface area contributed by atoms with E-state index in [1.165, 1.54) is 6.33 Å². The van der Waals surface area contributed by atoms with E-state index in [-0.39, 0.29) is 0 Å². The van der Waals surface area contributed by atoms with E-state index in [0.29, 0.717) is 18.5 Å². The highest BCUT2D eigenvalue weighted by molar-refractivity contribution is 7.98. The normalized spacial score (nSPS) is 10.2. The number of carbonyl (C=O) groups is 1. The van der Waals surface area contributed by atoms with Crippen molar-refractivity contribution in [3.8, 4) is 0 Å². The number of anilines is 1. The molecule has 2 aromatic rings. The van der Waals surface area contributed by atoms with Gasteiger partial charge in [0.15, 0.2) is 0 Å². The molecule has 0 aliphatic carbocycles. The zero-order chi connectivity index (χ0) is 14.4. The minimum absolute atomic E-state index is 0.349. The van der Waals surface area contributed by atoms with Crippen molar-refractivity contribution in [2.75, 3.05) is 18.1 Å². The van der Waals surface area contributed by atoms with Gasteiger partial charge in [-0.1, -0.05) is 18.2 Å². The highest BCUT2D eigenvalue weighted by atomic mass is 32.2. The molecule has 20 heavy (non-hydrogen) atoms. The van der Waals surface area contributed by atoms with Gasteiger partial charge in [0.1, 0.15) is 17.2 Å². The number of carboxylic acid groups (broad SMARTS) is 1. The lowest BCUT2D eigenvalue weighted by molar-refractivity contribution is 0.0695. The molecule has 1 aromatic heterocycles. The SMILES string of the molecule is CSc1cc(NCCc2ccccc2C(=O)O)ncn1. The molecule has 6 heteroatoms. The summed E-state index contributed by atoms with van der Waals surface area (Å²) in [5, 5.41) is 13.2. The van der Waals surface area contributed by atoms with Gasteiger partial charge >= 0.3 is 5.97 Å². The highest BCUT2D eigenvalue weighted by Gasteiger charge is 2.08. The number of hydrogen-bond acceptors (Lipinski definition) is 5. The van der Waals surface area contributed by atoms with Crippen LogP contribution in [0, 0.1) is 0 Å². The van der Waals surface area contributed by atoms with Gasteiger partial charge in [-0.25, -0.2) is 14.8 Å². The van der Waals surface area contributed by atoms with Crippen molar-refractivity contribution in [2.45, 2.75) is 11.4 Å². The van der Waals surface area contributed by atoms with Gasteiger partial charge in [0.2, 0.25) is 0 Å². The van der Waals surface area contributed by atoms with Crippen LogP contribution in [0.3, 0.4) is 0 Å². The molecular weight excluding hydrogens is 274 g/mol. The van der Waals surface area contributed by atoms with E-state index in [1.807, 2.05) is 24.5 Å². The molecule has 2 rings (SSSR count). The van der Waals surface area contributed by atoms with Crippen LogP contribution in [0.4, 0.5) is 5.82 Å². The Morgan fingerprint density at radius 1 is 1.35 bits per heavy atom. The molecule has 104 valence electrons. The predicted octanol–water partition coefficient (Wildman–Crippen LogP) is 2.55. The van der Waals surface area contributed by atoms with E-state index in [4.69, 9.17) is 5.11 Å². The summed E-state index contributed by atoms with van der Waals surface area (Å²) in [6.45, 7) is 0.620. The van der Waals surface area contributed by atoms with Crippen LogP contribution in [0.1, 0.15) is 15.9 Å². The molecule has 0 atom stereocenters. The average molecular weight is 289 g/mol. The van der Waals surface area contributed by atoms with Crippen LogP contribution in [-0.2, 0) is 6.42 Å². The largest absolute Gasteiger partial charge is 0.478 e. The first kappa shape index (κ1) is 14.3. The fraction of sp³-hybridized carbons (Fsp3) is 0.214. The molecule has 0 saturated heterocycles. The van der Waals surface area contributed by atoms with Crippen LogP contribution in [0.5, 0.6) is 0 Å². The van der Waals surface area contributed by atoms with Crippen LogP contribution in [0.15, 0.2) is 41.7 Å². The number of hydrogen-bond donors (Lipinski definition) is 2. The molecule has 0 unspecified atom stereocenters. The minimum Gasteiger partial charge on any atom is -0.478 e. The first-order valence-corrected chi connectivity index (χ1v) is 7.34. The van der Waals surface area contributed by atoms with Gasteiger partial charge in [-0.15, -0.1) is 11.8 Å². The molecule has 1 heterocycles. The molecule has 0 amide bonds. The smallest absolute Gasteiger partial charge is 0.335 e. The molecule has 0 aliphatic rings. The maximum atomic E-state index is 11.1. The summed E-state index contributed by atoms with van der Waals surface area (Å²) in [4.78, 5) is 19.3. The number of carboxylic acids is 1. The summed E-state index contributed by atoms with van der Waals surface area (Å²) in [6, 6.07) is 8.90. The second kappa shape index (κ2) is 6.91. The number of aromatic nitrogens is 2. The van der Waals surface area contributed by atoms with Gasteiger partial charge in [-0.3, -0.25) is 0 Å². The number of thioether (sulfide) groups is 1. The number of benzene rings is 1. The quantitative estimate of drug-likeness (QED) is 0.629. The Morgan fingerprint density at radius 2 is 2.15 bits per heavy atom. The number of rotatable bonds is 6. The predicted molar refractivity (Wildman–Crippen MR) is 79.4 cm³/mol. The van der Waals surface area contributed by atoms with Crippen molar-refractivity contribution in [1.82, 2.24) is 9.97 Å². The molecule has 0 radical (unpaired) electrons. The lowest BCUT2D eigenvalue weighted by Crippen LogP contribution is -2.10. The van der Waals surface area contributed by atoms with Crippen molar-refractivity contribution in [2.24, 2.45) is 0 Å². The van der Waals surface area contributed by atoms with Gasteiger partial charge in [0, 0.05) is 12.6 Å². The Kier molecular flexibility index (Phi) is 4.95. The molecule has 0 bridgehead atoms. The van der Waals surface area contributed by atoms with Crippen molar-refractivity contribution < 1.29 is 9.90 Å². The van der Waals surface area contributed by atoms with Crippen LogP contribution < -0.4 is 5.32 Å². The molecule has 0 saturated carbocycles. The molecular formula is C14H15N3O2S. The molecule has 0 fully saturated rings. The summed E-state index contributed by atoms with van der Waals surface area (Å²) in [5.74, 6) is -0.149. The Bertz CT molecular complexity index is 604. The van der Waals surface area contributed by atoms with Crippen molar-refractivity contribution in [1.29, 1.82) is 0 Å². The molecule has 0 spiro atoms. The minimum atomic E-state index is -0.896. The fourth-order valence-corrected chi connectivity index (χ4v) is 2.20. The number of nitrogens with zero attached hydrogens (tertiary/aromatic N) is 2. The van der Waals surface area contributed by atoms with Gasteiger partial charge in [-0.2, -0.15) is 0 Å². The zero-order valence-corrected chi connectivity index (χ0v) is 11.9. The van der Waals surface area contributed by atoms with Crippen molar-refractivity contribution >= 4 is 23.5 Å². The van der Waals surface area contributed by atoms with Gasteiger partial charge in [0.05, 0.1) is 5.56 Å². The summed E-state index contributed by atoms with van der Waals surface area (Å²) >= 11 is 1.55. The topological polar surface area (TPSA) is 75.1 Å². The van der Waals surface area contributed by atoms with E-state index >= 15 is 0 Å². The van der Waals surface area contributed by atoms with Crippen LogP contribution in [0.2, 0.25) is 0 Å². The van der Waals surface area contributed by atoms with Gasteiger partial charge in [0.25, 0.3) is 0 Å². The third-order valence-electron chi connectivity index (χ3n) is 2.80. The fourth-order valence-electron chi connectivity index (χ4n) is 1.82. The van der Waals surface area contributed by atoms with E-state index < -0.39 is 5.97 Å². The van der Waals surface area contributed by atoms with Crippen molar-refractivity contribution in [3.63, 3.8) is 0 Å². The lowest BCUT2D eigenvalue weighted by atomic mass is 10.0. The van der Waals surface area contributed by atoms with Crippen LogP contribution in [-0.4, -0.2) is 33.8 Å². The molecule has 2 N–H and O–H groups in total. The average Bonchev–Trinajstić information content (AvgIpc) is 2.48. The monoisotopic (exact) mass is 289 g/mol. The Hall–Kier alpha value is -2.08. The maximum absolute atomic E-state index is 11.1. The summed E-state index contributed by atoms with van der Waals surface area (Å²) in [6.07, 6.45) is 4.09. The Labute approximate surface area is 121 Å². The molecule has 5 nitrogen and oxygen atoms in total. The lowest BCUT2D eigenvalue weighted by Gasteiger charge is -2.08. The molecule has 0 aliphatic heterocycles. The van der Waals surface area contributed by atoms with Gasteiger partial charge < -0.3 is 10.4 Å². The Morgan fingerprint density at radius 3 is 2.90 bits per heavy atom. The summed E-state index contributed by atoms with van der Waals surface area (Å²) < 4.78 is 0. The van der Waals surface area contributed by atoms with Crippen molar-refractivity contribution in [3.05, 3.63) is 47.8 Å². The first-order valence-electron chi connectivity index (χ1n) is 6.12. The zero-order valence-electron chi connectivity index (χ0n) is 11.0. The van der Waals surface area contributed by atoms with Gasteiger partial charge in [-0.05, 0) is 24.3 Å². The first-order chi connectivity index (χ1) is 9.70. The van der Waals surface area contributed by atoms with Crippen LogP contribution >= 0.6 is 11.8 Å². The highest BCUT2D eigenvalue weighted by Crippen LogP contribution is 2.14. The summed E-state index contributed by atoms with van der Waals surface area (Å²) in [7, 11) is 0. The van der Waals surface area contributed by atoms with E-state index in [1.54, 1.807) is 23.9 Å². The second-order valence-corrected chi connectivity index (χ2v) is 4.91. The van der Waals surface area contributed by atoms with E-state index in [0.717, 1.165) is 16.4 Å². The third-order valence-corrected chi connectivity index (χ3v) is 3.44. The third kappa shape index (κ3) is 3.71.